The molecule has 14 heteroatoms. The number of nitrogens with zero attached hydrogens (tertiary/aromatic N) is 1. The van der Waals surface area contributed by atoms with Crippen LogP contribution in [0.2, 0.25) is 0 Å². The van der Waals surface area contributed by atoms with Crippen LogP contribution < -0.4 is 16.4 Å². The van der Waals surface area contributed by atoms with E-state index in [4.69, 9.17) is 13.8 Å². The molecule has 2 aromatic heterocycles. The number of nitrogens with one attached hydrogen (secondary N) is 3. The highest BCUT2D eigenvalue weighted by Crippen LogP contribution is 2.33. The van der Waals surface area contributed by atoms with Gasteiger partial charge in [-0.25, -0.2) is 22.4 Å². The first-order valence-electron chi connectivity index (χ1n) is 14.9. The molecular formula is C32H34F4N4O6. The quantitative estimate of drug-likeness (QED) is 0.248. The Balaban J connectivity index is 0.000000184. The first-order valence-corrected chi connectivity index (χ1v) is 14.9. The third-order valence-electron chi connectivity index (χ3n) is 8.43. The van der Waals surface area contributed by atoms with Crippen LogP contribution in [0, 0.1) is 23.3 Å². The van der Waals surface area contributed by atoms with E-state index in [-0.39, 0.29) is 35.0 Å². The van der Waals surface area contributed by atoms with Crippen LogP contribution in [0.25, 0.3) is 0 Å². The molecule has 2 aliphatic rings. The first kappa shape index (κ1) is 32.8. The summed E-state index contributed by atoms with van der Waals surface area (Å²) in [6, 6.07) is 10.4. The summed E-state index contributed by atoms with van der Waals surface area (Å²) in [5.41, 5.74) is 0.778. The number of ether oxygens (including phenoxy) is 1. The molecule has 0 spiro atoms. The number of methoxy groups -OCH3 is 1. The monoisotopic (exact) mass is 646 g/mol. The number of rotatable bonds is 6. The molecule has 0 bridgehead atoms. The van der Waals surface area contributed by atoms with E-state index in [9.17, 15) is 31.9 Å². The summed E-state index contributed by atoms with van der Waals surface area (Å²) in [4.78, 5) is 36.0. The van der Waals surface area contributed by atoms with Crippen LogP contribution in [0.15, 0.2) is 67.2 Å². The molecule has 4 atom stereocenters. The van der Waals surface area contributed by atoms with Crippen molar-refractivity contribution in [1.82, 2.24) is 20.5 Å². The molecule has 4 heterocycles. The summed E-state index contributed by atoms with van der Waals surface area (Å²) in [6.07, 6.45) is 3.30. The SMILES string of the molecule is COC(=O)N1CC[C@H](c2cc(=O)[nH]o2)C[C@@H]1Cc1ccc(F)c(F)c1.O=c1cc([C@H]2CCN[C@@H](Cc3ccc(F)c(F)c3)C2)o[nH]1. The number of aromatic amines is 2. The van der Waals surface area contributed by atoms with E-state index in [2.05, 4.69) is 15.6 Å². The number of hydrogen-bond donors (Lipinski definition) is 3. The zero-order valence-electron chi connectivity index (χ0n) is 25.0. The van der Waals surface area contributed by atoms with Crippen LogP contribution in [0.3, 0.4) is 0 Å². The third kappa shape index (κ3) is 8.16. The fourth-order valence-corrected chi connectivity index (χ4v) is 6.17. The van der Waals surface area contributed by atoms with E-state index in [1.807, 2.05) is 0 Å². The van der Waals surface area contributed by atoms with E-state index in [1.54, 1.807) is 11.0 Å². The highest BCUT2D eigenvalue weighted by Gasteiger charge is 2.34. The summed E-state index contributed by atoms with van der Waals surface area (Å²) in [7, 11) is 1.30. The van der Waals surface area contributed by atoms with Gasteiger partial charge in [0, 0.05) is 42.6 Å². The number of aromatic nitrogens is 2. The lowest BCUT2D eigenvalue weighted by Crippen LogP contribution is -2.46. The molecule has 0 radical (unpaired) electrons. The Hall–Kier alpha value is -4.59. The summed E-state index contributed by atoms with van der Waals surface area (Å²) < 4.78 is 67.9. The van der Waals surface area contributed by atoms with E-state index in [0.717, 1.165) is 43.1 Å². The number of carbonyl (C=O) groups is 1. The van der Waals surface area contributed by atoms with Crippen molar-refractivity contribution in [3.63, 3.8) is 0 Å². The summed E-state index contributed by atoms with van der Waals surface area (Å²) in [5.74, 6) is -2.17. The van der Waals surface area contributed by atoms with Crippen molar-refractivity contribution >= 4 is 6.09 Å². The lowest BCUT2D eigenvalue weighted by Gasteiger charge is -2.38. The molecule has 0 unspecified atom stereocenters. The standard InChI is InChI=1S/C17H18F2N2O4.C15H16F2N2O2/c1-24-17(23)21-5-4-11(15-9-16(22)20-25-15)8-12(21)6-10-2-3-13(18)14(19)7-10;16-12-2-1-9(6-13(12)17)5-11-7-10(3-4-18-11)14-8-15(20)19-21-14/h2-3,7,9,11-12H,4-6,8H2,1H3,(H,20,22);1-2,6,8,10-11,18H,3-5,7H2,(H,19,20)/t11-,12-;10-,11-/m00/s1. The van der Waals surface area contributed by atoms with Gasteiger partial charge in [-0.15, -0.1) is 0 Å². The average Bonchev–Trinajstić information content (AvgIpc) is 3.69. The van der Waals surface area contributed by atoms with E-state index in [1.165, 1.54) is 31.4 Å². The molecule has 246 valence electrons. The highest BCUT2D eigenvalue weighted by atomic mass is 19.2. The summed E-state index contributed by atoms with van der Waals surface area (Å²) >= 11 is 0. The van der Waals surface area contributed by atoms with E-state index < -0.39 is 29.4 Å². The van der Waals surface area contributed by atoms with Crippen molar-refractivity contribution in [1.29, 1.82) is 0 Å². The number of H-pyrrole nitrogens is 2. The van der Waals surface area contributed by atoms with Gasteiger partial charge in [-0.3, -0.25) is 9.59 Å². The van der Waals surface area contributed by atoms with Gasteiger partial charge in [0.2, 0.25) is 0 Å². The second kappa shape index (κ2) is 14.7. The second-order valence-electron chi connectivity index (χ2n) is 11.5. The van der Waals surface area contributed by atoms with Gasteiger partial charge in [-0.2, -0.15) is 10.3 Å². The van der Waals surface area contributed by atoms with E-state index >= 15 is 0 Å². The number of halogens is 4. The van der Waals surface area contributed by atoms with Gasteiger partial charge in [0.1, 0.15) is 11.5 Å². The third-order valence-corrected chi connectivity index (χ3v) is 8.43. The Bertz CT molecular complexity index is 1750. The molecular weight excluding hydrogens is 612 g/mol. The number of likely N-dealkylation sites (tertiary alicyclic amines) is 1. The molecule has 2 aliphatic heterocycles. The molecule has 1 amide bonds. The lowest BCUT2D eigenvalue weighted by atomic mass is 9.86. The van der Waals surface area contributed by atoms with Gasteiger partial charge in [-0.1, -0.05) is 12.1 Å². The van der Waals surface area contributed by atoms with Gasteiger partial charge in [0.15, 0.2) is 23.3 Å². The maximum atomic E-state index is 13.5. The smallest absolute Gasteiger partial charge is 0.409 e. The molecule has 3 N–H and O–H groups in total. The molecule has 0 aliphatic carbocycles. The molecule has 2 saturated heterocycles. The van der Waals surface area contributed by atoms with Gasteiger partial charge >= 0.3 is 6.09 Å². The van der Waals surface area contributed by atoms with Gasteiger partial charge in [-0.05, 0) is 80.5 Å². The molecule has 10 nitrogen and oxygen atoms in total. The predicted molar refractivity (Wildman–Crippen MR) is 157 cm³/mol. The van der Waals surface area contributed by atoms with Crippen molar-refractivity contribution in [2.24, 2.45) is 0 Å². The number of amides is 1. The Morgan fingerprint density at radius 1 is 0.804 bits per heavy atom. The predicted octanol–water partition coefficient (Wildman–Crippen LogP) is 5.13. The molecule has 2 fully saturated rings. The Labute approximate surface area is 260 Å². The highest BCUT2D eigenvalue weighted by molar-refractivity contribution is 5.68. The number of hydrogen-bond acceptors (Lipinski definition) is 7. The van der Waals surface area contributed by atoms with Gasteiger partial charge < -0.3 is 24.0 Å². The first-order chi connectivity index (χ1) is 22.1. The van der Waals surface area contributed by atoms with Crippen molar-refractivity contribution in [2.75, 3.05) is 20.2 Å². The van der Waals surface area contributed by atoms with Crippen LogP contribution >= 0.6 is 0 Å². The minimum Gasteiger partial charge on any atom is -0.453 e. The van der Waals surface area contributed by atoms with Gasteiger partial charge in [0.25, 0.3) is 11.1 Å². The fourth-order valence-electron chi connectivity index (χ4n) is 6.17. The molecule has 6 rings (SSSR count). The fraction of sp³-hybridized carbons (Fsp3) is 0.406. The van der Waals surface area contributed by atoms with Crippen LogP contribution in [0.5, 0.6) is 0 Å². The van der Waals surface area contributed by atoms with Gasteiger partial charge in [0.05, 0.1) is 7.11 Å². The minimum atomic E-state index is -0.925. The van der Waals surface area contributed by atoms with Crippen LogP contribution in [0.1, 0.15) is 60.2 Å². The number of benzene rings is 2. The van der Waals surface area contributed by atoms with Crippen molar-refractivity contribution in [2.45, 2.75) is 62.4 Å². The number of piperidine rings is 2. The van der Waals surface area contributed by atoms with Crippen LogP contribution in [-0.4, -0.2) is 53.6 Å². The van der Waals surface area contributed by atoms with Crippen molar-refractivity contribution in [3.05, 3.63) is 115 Å². The van der Waals surface area contributed by atoms with Crippen LogP contribution in [0.4, 0.5) is 22.4 Å². The van der Waals surface area contributed by atoms with Crippen LogP contribution in [-0.2, 0) is 17.6 Å². The topological polar surface area (TPSA) is 134 Å². The average molecular weight is 647 g/mol. The minimum absolute atomic E-state index is 0.0462. The summed E-state index contributed by atoms with van der Waals surface area (Å²) in [6.45, 7) is 1.22. The summed E-state index contributed by atoms with van der Waals surface area (Å²) in [5, 5.41) is 7.93. The molecule has 46 heavy (non-hydrogen) atoms. The zero-order chi connectivity index (χ0) is 32.8. The Kier molecular flexibility index (Phi) is 10.5. The maximum absolute atomic E-state index is 13.5. The zero-order valence-corrected chi connectivity index (χ0v) is 25.0. The number of carbonyl (C=O) groups excluding carboxylic acids is 1. The molecule has 2 aromatic carbocycles. The largest absolute Gasteiger partial charge is 0.453 e. The van der Waals surface area contributed by atoms with E-state index in [0.29, 0.717) is 49.3 Å². The normalized spacial score (nSPS) is 21.4. The molecule has 0 saturated carbocycles. The molecule has 4 aromatic rings. The second-order valence-corrected chi connectivity index (χ2v) is 11.5. The maximum Gasteiger partial charge on any atom is 0.409 e. The van der Waals surface area contributed by atoms with Crippen molar-refractivity contribution in [3.8, 4) is 0 Å². The lowest BCUT2D eigenvalue weighted by molar-refractivity contribution is 0.0816. The van der Waals surface area contributed by atoms with Crippen molar-refractivity contribution < 1.29 is 36.1 Å². The Morgan fingerprint density at radius 3 is 1.89 bits per heavy atom. The Morgan fingerprint density at radius 2 is 1.37 bits per heavy atom.